The van der Waals surface area contributed by atoms with Crippen molar-refractivity contribution in [2.24, 2.45) is 0 Å². The first-order valence-electron chi connectivity index (χ1n) is 4.34. The minimum Gasteiger partial charge on any atom is -0.481 e. The highest BCUT2D eigenvalue weighted by atomic mass is 35.5. The second-order valence-corrected chi connectivity index (χ2v) is 3.79. The highest BCUT2D eigenvalue weighted by Crippen LogP contribution is 2.22. The number of hydrogen-bond donors (Lipinski definition) is 1. The molecular formula is C10H12ClNO2. The molecule has 0 aliphatic rings. The first kappa shape index (κ1) is 11.0. The van der Waals surface area contributed by atoms with E-state index in [0.717, 1.165) is 11.3 Å². The fourth-order valence-electron chi connectivity index (χ4n) is 1.43. The van der Waals surface area contributed by atoms with E-state index >= 15 is 0 Å². The van der Waals surface area contributed by atoms with E-state index < -0.39 is 5.97 Å². The normalized spacial score (nSPS) is 12.5. The molecule has 1 unspecified atom stereocenters. The SMILES string of the molecule is Cc1cc(Cl)cnc1C(C)CC(=O)O. The summed E-state index contributed by atoms with van der Waals surface area (Å²) in [4.78, 5) is 14.6. The number of carbonyl (C=O) groups is 1. The quantitative estimate of drug-likeness (QED) is 0.840. The number of carboxylic acids is 1. The summed E-state index contributed by atoms with van der Waals surface area (Å²) in [5.41, 5.74) is 1.74. The lowest BCUT2D eigenvalue weighted by Crippen LogP contribution is -2.06. The molecule has 1 atom stereocenters. The molecule has 0 saturated carbocycles. The van der Waals surface area contributed by atoms with Gasteiger partial charge < -0.3 is 5.11 Å². The average Bonchev–Trinajstić information content (AvgIpc) is 2.01. The summed E-state index contributed by atoms with van der Waals surface area (Å²) in [6.07, 6.45) is 1.64. The maximum atomic E-state index is 10.5. The first-order valence-corrected chi connectivity index (χ1v) is 4.72. The van der Waals surface area contributed by atoms with Crippen LogP contribution in [0, 0.1) is 6.92 Å². The second-order valence-electron chi connectivity index (χ2n) is 3.35. The summed E-state index contributed by atoms with van der Waals surface area (Å²) >= 11 is 5.75. The molecule has 0 amide bonds. The number of halogens is 1. The first-order chi connectivity index (χ1) is 6.50. The molecule has 0 radical (unpaired) electrons. The van der Waals surface area contributed by atoms with Crippen LogP contribution in [0.15, 0.2) is 12.3 Å². The van der Waals surface area contributed by atoms with E-state index in [1.54, 1.807) is 12.3 Å². The second kappa shape index (κ2) is 4.42. The average molecular weight is 214 g/mol. The molecule has 0 aliphatic heterocycles. The van der Waals surface area contributed by atoms with Gasteiger partial charge in [0, 0.05) is 17.8 Å². The van der Waals surface area contributed by atoms with E-state index in [-0.39, 0.29) is 12.3 Å². The molecule has 0 spiro atoms. The number of aromatic nitrogens is 1. The van der Waals surface area contributed by atoms with Crippen LogP contribution in [0.4, 0.5) is 0 Å². The molecule has 0 aromatic carbocycles. The Kier molecular flexibility index (Phi) is 3.47. The maximum Gasteiger partial charge on any atom is 0.304 e. The van der Waals surface area contributed by atoms with Gasteiger partial charge in [0.2, 0.25) is 0 Å². The molecule has 76 valence electrons. The van der Waals surface area contributed by atoms with Crippen LogP contribution in [0.5, 0.6) is 0 Å². The van der Waals surface area contributed by atoms with Crippen LogP contribution in [0.1, 0.15) is 30.5 Å². The summed E-state index contributed by atoms with van der Waals surface area (Å²) < 4.78 is 0. The van der Waals surface area contributed by atoms with Crippen LogP contribution in [0.2, 0.25) is 5.02 Å². The predicted molar refractivity (Wildman–Crippen MR) is 54.7 cm³/mol. The lowest BCUT2D eigenvalue weighted by Gasteiger charge is -2.10. The molecule has 1 heterocycles. The van der Waals surface area contributed by atoms with Crippen LogP contribution >= 0.6 is 11.6 Å². The van der Waals surface area contributed by atoms with Gasteiger partial charge in [0.1, 0.15) is 0 Å². The third kappa shape index (κ3) is 2.70. The Balaban J connectivity index is 2.90. The van der Waals surface area contributed by atoms with E-state index in [1.165, 1.54) is 0 Å². The molecule has 1 N–H and O–H groups in total. The van der Waals surface area contributed by atoms with Crippen molar-refractivity contribution in [1.82, 2.24) is 4.98 Å². The Hall–Kier alpha value is -1.09. The van der Waals surface area contributed by atoms with Crippen LogP contribution < -0.4 is 0 Å². The van der Waals surface area contributed by atoms with Crippen molar-refractivity contribution in [3.8, 4) is 0 Å². The van der Waals surface area contributed by atoms with Crippen molar-refractivity contribution < 1.29 is 9.90 Å². The summed E-state index contributed by atoms with van der Waals surface area (Å²) in [7, 11) is 0. The molecule has 0 fully saturated rings. The molecule has 1 aromatic heterocycles. The van der Waals surface area contributed by atoms with Gasteiger partial charge in [-0.25, -0.2) is 0 Å². The van der Waals surface area contributed by atoms with E-state index in [0.29, 0.717) is 5.02 Å². The lowest BCUT2D eigenvalue weighted by atomic mass is 10.00. The molecule has 1 aromatic rings. The van der Waals surface area contributed by atoms with Gasteiger partial charge >= 0.3 is 5.97 Å². The maximum absolute atomic E-state index is 10.5. The minimum atomic E-state index is -0.811. The van der Waals surface area contributed by atoms with E-state index in [9.17, 15) is 4.79 Å². The smallest absolute Gasteiger partial charge is 0.304 e. The zero-order valence-corrected chi connectivity index (χ0v) is 8.88. The Bertz CT molecular complexity index is 352. The summed E-state index contributed by atoms with van der Waals surface area (Å²) in [5.74, 6) is -0.890. The monoisotopic (exact) mass is 213 g/mol. The van der Waals surface area contributed by atoms with Gasteiger partial charge in [-0.15, -0.1) is 0 Å². The van der Waals surface area contributed by atoms with Gasteiger partial charge in [0.05, 0.1) is 11.4 Å². The molecule has 4 heteroatoms. The molecule has 0 aliphatic carbocycles. The number of hydrogen-bond acceptors (Lipinski definition) is 2. The molecule has 1 rings (SSSR count). The fourth-order valence-corrected chi connectivity index (χ4v) is 1.64. The Morgan fingerprint density at radius 3 is 2.86 bits per heavy atom. The van der Waals surface area contributed by atoms with Crippen molar-refractivity contribution in [2.45, 2.75) is 26.2 Å². The highest BCUT2D eigenvalue weighted by Gasteiger charge is 2.13. The molecule has 0 saturated heterocycles. The van der Waals surface area contributed by atoms with Gasteiger partial charge in [0.15, 0.2) is 0 Å². The van der Waals surface area contributed by atoms with Gasteiger partial charge in [-0.2, -0.15) is 0 Å². The molecule has 3 nitrogen and oxygen atoms in total. The Morgan fingerprint density at radius 2 is 2.36 bits per heavy atom. The standard InChI is InChI=1S/C10H12ClNO2/c1-6-3-8(11)5-12-10(6)7(2)4-9(13)14/h3,5,7H,4H2,1-2H3,(H,13,14). The van der Waals surface area contributed by atoms with Gasteiger partial charge in [-0.1, -0.05) is 18.5 Å². The van der Waals surface area contributed by atoms with Crippen molar-refractivity contribution in [1.29, 1.82) is 0 Å². The minimum absolute atomic E-state index is 0.0789. The number of nitrogens with zero attached hydrogens (tertiary/aromatic N) is 1. The van der Waals surface area contributed by atoms with Crippen LogP contribution in [0.3, 0.4) is 0 Å². The van der Waals surface area contributed by atoms with E-state index in [2.05, 4.69) is 4.98 Å². The number of pyridine rings is 1. The number of carboxylic acid groups (broad SMARTS) is 1. The predicted octanol–water partition coefficient (Wildman–Crippen LogP) is 2.62. The van der Waals surface area contributed by atoms with Crippen molar-refractivity contribution in [3.05, 3.63) is 28.5 Å². The lowest BCUT2D eigenvalue weighted by molar-refractivity contribution is -0.137. The topological polar surface area (TPSA) is 50.2 Å². The molecule has 14 heavy (non-hydrogen) atoms. The third-order valence-corrected chi connectivity index (χ3v) is 2.24. The number of aryl methyl sites for hydroxylation is 1. The Labute approximate surface area is 87.7 Å². The van der Waals surface area contributed by atoms with Gasteiger partial charge in [-0.05, 0) is 18.6 Å². The summed E-state index contributed by atoms with van der Waals surface area (Å²) in [6.45, 7) is 3.73. The van der Waals surface area contributed by atoms with Crippen LogP contribution in [-0.4, -0.2) is 16.1 Å². The van der Waals surface area contributed by atoms with Crippen LogP contribution in [0.25, 0.3) is 0 Å². The van der Waals surface area contributed by atoms with Crippen LogP contribution in [-0.2, 0) is 4.79 Å². The fraction of sp³-hybridized carbons (Fsp3) is 0.400. The Morgan fingerprint density at radius 1 is 1.71 bits per heavy atom. The van der Waals surface area contributed by atoms with Crippen molar-refractivity contribution in [2.75, 3.05) is 0 Å². The summed E-state index contributed by atoms with van der Waals surface area (Å²) in [6, 6.07) is 1.79. The zero-order chi connectivity index (χ0) is 10.7. The molecular weight excluding hydrogens is 202 g/mol. The van der Waals surface area contributed by atoms with E-state index in [1.807, 2.05) is 13.8 Å². The molecule has 0 bridgehead atoms. The third-order valence-electron chi connectivity index (χ3n) is 2.03. The number of rotatable bonds is 3. The summed E-state index contributed by atoms with van der Waals surface area (Å²) in [5, 5.41) is 9.21. The largest absolute Gasteiger partial charge is 0.481 e. The number of aliphatic carboxylic acids is 1. The highest BCUT2D eigenvalue weighted by molar-refractivity contribution is 6.30. The van der Waals surface area contributed by atoms with E-state index in [4.69, 9.17) is 16.7 Å². The van der Waals surface area contributed by atoms with Crippen molar-refractivity contribution in [3.63, 3.8) is 0 Å². The van der Waals surface area contributed by atoms with Gasteiger partial charge in [-0.3, -0.25) is 9.78 Å². The van der Waals surface area contributed by atoms with Gasteiger partial charge in [0.25, 0.3) is 0 Å². The zero-order valence-electron chi connectivity index (χ0n) is 8.12. The van der Waals surface area contributed by atoms with Crippen molar-refractivity contribution >= 4 is 17.6 Å².